The Morgan fingerprint density at radius 2 is 1.96 bits per heavy atom. The monoisotopic (exact) mass is 428 g/mol. The third-order valence-electron chi connectivity index (χ3n) is 4.24. The maximum atomic E-state index is 12.9. The summed E-state index contributed by atoms with van der Waals surface area (Å²) in [6.45, 7) is 1.63. The maximum absolute atomic E-state index is 12.9. The number of hydrogen-bond acceptors (Lipinski definition) is 3. The Hall–Kier alpha value is -0.910. The highest BCUT2D eigenvalue weighted by Crippen LogP contribution is 2.40. The molecule has 0 spiro atoms. The molecule has 3 nitrogen and oxygen atoms in total. The predicted molar refractivity (Wildman–Crippen MR) is 111 cm³/mol. The van der Waals surface area contributed by atoms with E-state index in [4.69, 9.17) is 34.8 Å². The van der Waals surface area contributed by atoms with Crippen molar-refractivity contribution in [3.63, 3.8) is 0 Å². The molecule has 0 bridgehead atoms. The van der Waals surface area contributed by atoms with Gasteiger partial charge in [-0.05, 0) is 30.8 Å². The molecule has 2 aromatic carbocycles. The van der Waals surface area contributed by atoms with Gasteiger partial charge in [-0.25, -0.2) is 0 Å². The third kappa shape index (κ3) is 4.68. The van der Waals surface area contributed by atoms with Gasteiger partial charge in [-0.2, -0.15) is 0 Å². The van der Waals surface area contributed by atoms with E-state index in [0.717, 1.165) is 23.4 Å². The molecule has 0 unspecified atom stereocenters. The van der Waals surface area contributed by atoms with Crippen LogP contribution in [-0.2, 0) is 11.3 Å². The molecule has 138 valence electrons. The molecule has 0 N–H and O–H groups in total. The number of nitrogens with zero attached hydrogens (tertiary/aromatic N) is 2. The number of thioether (sulfide) groups is 1. The predicted octanol–water partition coefficient (Wildman–Crippen LogP) is 5.35. The van der Waals surface area contributed by atoms with Gasteiger partial charge in [-0.15, -0.1) is 11.8 Å². The number of rotatable bonds is 5. The van der Waals surface area contributed by atoms with Gasteiger partial charge in [0.25, 0.3) is 0 Å². The minimum Gasteiger partial charge on any atom is -0.325 e. The van der Waals surface area contributed by atoms with E-state index in [9.17, 15) is 4.79 Å². The van der Waals surface area contributed by atoms with Crippen molar-refractivity contribution in [1.29, 1.82) is 0 Å². The quantitative estimate of drug-likeness (QED) is 0.640. The van der Waals surface area contributed by atoms with Gasteiger partial charge in [0.2, 0.25) is 5.91 Å². The summed E-state index contributed by atoms with van der Waals surface area (Å²) in [4.78, 5) is 16.7. The van der Waals surface area contributed by atoms with Crippen LogP contribution in [0.4, 0.5) is 0 Å². The first-order chi connectivity index (χ1) is 12.5. The number of likely N-dealkylation sites (N-methyl/N-ethyl adjacent to an activating group) is 1. The van der Waals surface area contributed by atoms with Crippen LogP contribution in [0.25, 0.3) is 0 Å². The average molecular weight is 430 g/mol. The van der Waals surface area contributed by atoms with Crippen LogP contribution in [0.15, 0.2) is 42.5 Å². The van der Waals surface area contributed by atoms with Crippen molar-refractivity contribution in [2.45, 2.75) is 11.9 Å². The number of halogens is 3. The summed E-state index contributed by atoms with van der Waals surface area (Å²) < 4.78 is 0. The van der Waals surface area contributed by atoms with Crippen molar-refractivity contribution >= 4 is 52.5 Å². The van der Waals surface area contributed by atoms with Crippen LogP contribution in [0.1, 0.15) is 16.5 Å². The summed E-state index contributed by atoms with van der Waals surface area (Å²) in [5.41, 5.74) is 1.94. The standard InChI is InChI=1S/C19H19Cl3N2OS/c1-23(11-13-6-7-14(20)10-17(13)22)12-18(25)24-8-9-26-19(24)15-4-2-3-5-16(15)21/h2-7,10,19H,8-9,11-12H2,1H3/t19-/m0/s1. The molecule has 1 aliphatic rings. The first-order valence-corrected chi connectivity index (χ1v) is 10.4. The van der Waals surface area contributed by atoms with Gasteiger partial charge < -0.3 is 4.90 Å². The molecule has 1 aliphatic heterocycles. The number of benzene rings is 2. The Labute approximate surface area is 173 Å². The second-order valence-corrected chi connectivity index (χ2v) is 8.68. The second kappa shape index (κ2) is 8.85. The first kappa shape index (κ1) is 19.8. The van der Waals surface area contributed by atoms with E-state index in [1.807, 2.05) is 53.2 Å². The zero-order chi connectivity index (χ0) is 18.7. The Morgan fingerprint density at radius 1 is 1.19 bits per heavy atom. The molecular formula is C19H19Cl3N2OS. The lowest BCUT2D eigenvalue weighted by atomic mass is 10.2. The van der Waals surface area contributed by atoms with Crippen molar-refractivity contribution in [2.75, 3.05) is 25.9 Å². The average Bonchev–Trinajstić information content (AvgIpc) is 3.07. The van der Waals surface area contributed by atoms with Crippen molar-refractivity contribution < 1.29 is 4.79 Å². The zero-order valence-corrected chi connectivity index (χ0v) is 17.4. The fourth-order valence-electron chi connectivity index (χ4n) is 2.98. The Morgan fingerprint density at radius 3 is 2.69 bits per heavy atom. The summed E-state index contributed by atoms with van der Waals surface area (Å²) in [7, 11) is 1.91. The Bertz CT molecular complexity index is 802. The molecule has 1 atom stereocenters. The van der Waals surface area contributed by atoms with Gasteiger partial charge in [0.15, 0.2) is 0 Å². The van der Waals surface area contributed by atoms with Gasteiger partial charge in [0.1, 0.15) is 5.37 Å². The van der Waals surface area contributed by atoms with Crippen LogP contribution in [-0.4, -0.2) is 41.6 Å². The van der Waals surface area contributed by atoms with Gasteiger partial charge in [0.05, 0.1) is 6.54 Å². The largest absolute Gasteiger partial charge is 0.325 e. The normalized spacial score (nSPS) is 17.1. The topological polar surface area (TPSA) is 23.6 Å². The second-order valence-electron chi connectivity index (χ2n) is 6.24. The van der Waals surface area contributed by atoms with E-state index in [0.29, 0.717) is 28.2 Å². The van der Waals surface area contributed by atoms with Crippen molar-refractivity contribution in [3.8, 4) is 0 Å². The molecular weight excluding hydrogens is 411 g/mol. The zero-order valence-electron chi connectivity index (χ0n) is 14.3. The Kier molecular flexibility index (Phi) is 6.76. The number of hydrogen-bond donors (Lipinski definition) is 0. The van der Waals surface area contributed by atoms with Gasteiger partial charge in [-0.3, -0.25) is 9.69 Å². The summed E-state index contributed by atoms with van der Waals surface area (Å²) >= 11 is 20.3. The highest BCUT2D eigenvalue weighted by molar-refractivity contribution is 7.99. The molecule has 3 rings (SSSR count). The third-order valence-corrected chi connectivity index (χ3v) is 6.42. The lowest BCUT2D eigenvalue weighted by molar-refractivity contribution is -0.132. The fraction of sp³-hybridized carbons (Fsp3) is 0.316. The van der Waals surface area contributed by atoms with Crippen LogP contribution >= 0.6 is 46.6 Å². The van der Waals surface area contributed by atoms with Crippen molar-refractivity contribution in [3.05, 3.63) is 68.7 Å². The van der Waals surface area contributed by atoms with Crippen LogP contribution in [0, 0.1) is 0 Å². The van der Waals surface area contributed by atoms with Crippen LogP contribution in [0.3, 0.4) is 0 Å². The highest BCUT2D eigenvalue weighted by atomic mass is 35.5. The summed E-state index contributed by atoms with van der Waals surface area (Å²) in [6.07, 6.45) is 0. The van der Waals surface area contributed by atoms with Crippen molar-refractivity contribution in [1.82, 2.24) is 9.80 Å². The van der Waals surface area contributed by atoms with E-state index < -0.39 is 0 Å². The summed E-state index contributed by atoms with van der Waals surface area (Å²) in [5.74, 6) is 1.00. The Balaban J connectivity index is 1.66. The summed E-state index contributed by atoms with van der Waals surface area (Å²) in [6, 6.07) is 13.1. The van der Waals surface area contributed by atoms with Gasteiger partial charge >= 0.3 is 0 Å². The van der Waals surface area contributed by atoms with E-state index in [-0.39, 0.29) is 11.3 Å². The van der Waals surface area contributed by atoms with E-state index in [2.05, 4.69) is 0 Å². The number of carbonyl (C=O) groups is 1. The van der Waals surface area contributed by atoms with Crippen molar-refractivity contribution in [2.24, 2.45) is 0 Å². The lowest BCUT2D eigenvalue weighted by Crippen LogP contribution is -2.38. The van der Waals surface area contributed by atoms with E-state index in [1.165, 1.54) is 0 Å². The van der Waals surface area contributed by atoms with E-state index in [1.54, 1.807) is 17.8 Å². The minimum atomic E-state index is -0.0243. The molecule has 1 saturated heterocycles. The van der Waals surface area contributed by atoms with E-state index >= 15 is 0 Å². The molecule has 2 aromatic rings. The molecule has 0 radical (unpaired) electrons. The van der Waals surface area contributed by atoms with Gasteiger partial charge in [-0.1, -0.05) is 59.1 Å². The fourth-order valence-corrected chi connectivity index (χ4v) is 5.06. The lowest BCUT2D eigenvalue weighted by Gasteiger charge is -2.27. The number of carbonyl (C=O) groups excluding carboxylic acids is 1. The molecule has 0 saturated carbocycles. The van der Waals surface area contributed by atoms with Crippen LogP contribution < -0.4 is 0 Å². The summed E-state index contributed by atoms with van der Waals surface area (Å²) in [5, 5.41) is 1.89. The van der Waals surface area contributed by atoms with Gasteiger partial charge in [0, 0.05) is 39.5 Å². The SMILES string of the molecule is CN(CC(=O)N1CCS[C@H]1c1ccccc1Cl)Cc1ccc(Cl)cc1Cl. The minimum absolute atomic E-state index is 0.0243. The molecule has 26 heavy (non-hydrogen) atoms. The molecule has 0 aliphatic carbocycles. The molecule has 0 aromatic heterocycles. The smallest absolute Gasteiger partial charge is 0.237 e. The maximum Gasteiger partial charge on any atom is 0.237 e. The highest BCUT2D eigenvalue weighted by Gasteiger charge is 2.32. The molecule has 1 heterocycles. The molecule has 1 amide bonds. The van der Waals surface area contributed by atoms with Crippen LogP contribution in [0.2, 0.25) is 15.1 Å². The molecule has 7 heteroatoms. The molecule has 1 fully saturated rings. The van der Waals surface area contributed by atoms with Crippen LogP contribution in [0.5, 0.6) is 0 Å². The first-order valence-electron chi connectivity index (χ1n) is 8.23. The number of amides is 1.